The van der Waals surface area contributed by atoms with Gasteiger partial charge in [0.05, 0.1) is 24.0 Å². The number of carbonyl (C=O) groups is 1. The van der Waals surface area contributed by atoms with Gasteiger partial charge in [-0.25, -0.2) is 4.39 Å². The van der Waals surface area contributed by atoms with E-state index in [-0.39, 0.29) is 29.8 Å². The van der Waals surface area contributed by atoms with Crippen molar-refractivity contribution in [3.05, 3.63) is 59.8 Å². The number of hydrogen-bond donors (Lipinski definition) is 3. The van der Waals surface area contributed by atoms with Crippen molar-refractivity contribution in [1.82, 2.24) is 25.3 Å². The van der Waals surface area contributed by atoms with E-state index in [0.29, 0.717) is 24.2 Å². The van der Waals surface area contributed by atoms with Crippen molar-refractivity contribution in [3.63, 3.8) is 0 Å². The summed E-state index contributed by atoms with van der Waals surface area (Å²) in [6.07, 6.45) is 4.56. The van der Waals surface area contributed by atoms with Gasteiger partial charge in [-0.15, -0.1) is 0 Å². The fraction of sp³-hybridized carbons (Fsp3) is 0.316. The molecule has 2 heterocycles. The van der Waals surface area contributed by atoms with Crippen LogP contribution in [-0.4, -0.2) is 37.1 Å². The van der Waals surface area contributed by atoms with Crippen molar-refractivity contribution in [2.24, 2.45) is 13.0 Å². The standard InChI is InChI=1S/C19H20FN5O2/c1-25-10-13(9-21-25)18(12-6-15(26)7-12)22-19(27)17-8-16(23-24-17)11-2-4-14(20)5-3-11/h2-5,8-10,12,15,18,26H,6-7H2,1H3,(H,22,27)(H,23,24)/t12?,15?,18-/m1/s1. The molecule has 3 aromatic rings. The highest BCUT2D eigenvalue weighted by molar-refractivity contribution is 5.93. The Morgan fingerprint density at radius 2 is 2.11 bits per heavy atom. The highest BCUT2D eigenvalue weighted by Crippen LogP contribution is 2.38. The lowest BCUT2D eigenvalue weighted by Crippen LogP contribution is -2.41. The minimum Gasteiger partial charge on any atom is -0.393 e. The molecule has 8 heteroatoms. The number of hydrogen-bond acceptors (Lipinski definition) is 4. The molecule has 1 saturated carbocycles. The number of rotatable bonds is 5. The fourth-order valence-corrected chi connectivity index (χ4v) is 3.40. The number of aliphatic hydroxyl groups is 1. The predicted molar refractivity (Wildman–Crippen MR) is 96.1 cm³/mol. The first-order chi connectivity index (χ1) is 13.0. The largest absolute Gasteiger partial charge is 0.393 e. The maximum atomic E-state index is 13.1. The Morgan fingerprint density at radius 3 is 2.74 bits per heavy atom. The van der Waals surface area contributed by atoms with Gasteiger partial charge < -0.3 is 10.4 Å². The topological polar surface area (TPSA) is 95.8 Å². The molecule has 1 fully saturated rings. The number of H-pyrrole nitrogens is 1. The van der Waals surface area contributed by atoms with E-state index in [0.717, 1.165) is 11.1 Å². The Morgan fingerprint density at radius 1 is 1.37 bits per heavy atom. The Hall–Kier alpha value is -3.00. The Labute approximate surface area is 155 Å². The molecule has 1 aromatic carbocycles. The molecule has 1 aliphatic carbocycles. The van der Waals surface area contributed by atoms with Crippen LogP contribution < -0.4 is 5.32 Å². The second-order valence-corrected chi connectivity index (χ2v) is 6.96. The monoisotopic (exact) mass is 369 g/mol. The SMILES string of the molecule is Cn1cc([C@H](NC(=O)c2cc(-c3ccc(F)cc3)n[nH]2)C2CC(O)C2)cn1. The van der Waals surface area contributed by atoms with Crippen molar-refractivity contribution in [2.75, 3.05) is 0 Å². The summed E-state index contributed by atoms with van der Waals surface area (Å²) in [4.78, 5) is 12.7. The fourth-order valence-electron chi connectivity index (χ4n) is 3.40. The summed E-state index contributed by atoms with van der Waals surface area (Å²) < 4.78 is 14.8. The van der Waals surface area contributed by atoms with Crippen LogP contribution in [0, 0.1) is 11.7 Å². The first kappa shape index (κ1) is 17.4. The molecule has 2 aromatic heterocycles. The Kier molecular flexibility index (Phi) is 4.49. The van der Waals surface area contributed by atoms with E-state index < -0.39 is 0 Å². The highest BCUT2D eigenvalue weighted by Gasteiger charge is 2.36. The number of nitrogens with one attached hydrogen (secondary N) is 2. The first-order valence-corrected chi connectivity index (χ1v) is 8.78. The molecule has 27 heavy (non-hydrogen) atoms. The lowest BCUT2D eigenvalue weighted by atomic mass is 9.75. The van der Waals surface area contributed by atoms with Crippen LogP contribution in [0.25, 0.3) is 11.3 Å². The quantitative estimate of drug-likeness (QED) is 0.642. The zero-order valence-corrected chi connectivity index (χ0v) is 14.8. The molecule has 1 amide bonds. The van der Waals surface area contributed by atoms with Gasteiger partial charge in [-0.2, -0.15) is 10.2 Å². The lowest BCUT2D eigenvalue weighted by Gasteiger charge is -2.37. The number of carbonyl (C=O) groups excluding carboxylic acids is 1. The van der Waals surface area contributed by atoms with E-state index in [4.69, 9.17) is 0 Å². The van der Waals surface area contributed by atoms with Gasteiger partial charge in [0.15, 0.2) is 0 Å². The Balaban J connectivity index is 1.52. The number of amides is 1. The molecule has 0 saturated heterocycles. The van der Waals surface area contributed by atoms with Crippen LogP contribution >= 0.6 is 0 Å². The maximum absolute atomic E-state index is 13.1. The van der Waals surface area contributed by atoms with Crippen molar-refractivity contribution >= 4 is 5.91 Å². The molecule has 1 aliphatic rings. The molecule has 0 bridgehead atoms. The van der Waals surface area contributed by atoms with Gasteiger partial charge in [0.1, 0.15) is 11.5 Å². The van der Waals surface area contributed by atoms with Crippen LogP contribution in [-0.2, 0) is 7.05 Å². The summed E-state index contributed by atoms with van der Waals surface area (Å²) in [6.45, 7) is 0. The van der Waals surface area contributed by atoms with Crippen LogP contribution in [0.2, 0.25) is 0 Å². The third kappa shape index (κ3) is 3.61. The summed E-state index contributed by atoms with van der Waals surface area (Å²) in [6, 6.07) is 7.34. The third-order valence-electron chi connectivity index (χ3n) is 4.95. The summed E-state index contributed by atoms with van der Waals surface area (Å²) in [5, 5.41) is 23.7. The summed E-state index contributed by atoms with van der Waals surface area (Å²) in [5.74, 6) is -0.451. The van der Waals surface area contributed by atoms with E-state index in [9.17, 15) is 14.3 Å². The van der Waals surface area contributed by atoms with Gasteiger partial charge in [-0.1, -0.05) is 0 Å². The molecule has 0 spiro atoms. The molecular weight excluding hydrogens is 349 g/mol. The van der Waals surface area contributed by atoms with Crippen LogP contribution in [0.5, 0.6) is 0 Å². The molecule has 4 rings (SSSR count). The minimum atomic E-state index is -0.325. The van der Waals surface area contributed by atoms with E-state index in [1.165, 1.54) is 12.1 Å². The van der Waals surface area contributed by atoms with Crippen LogP contribution in [0.1, 0.15) is 34.9 Å². The lowest BCUT2D eigenvalue weighted by molar-refractivity contribution is 0.0234. The molecule has 0 aliphatic heterocycles. The van der Waals surface area contributed by atoms with E-state index >= 15 is 0 Å². The van der Waals surface area contributed by atoms with E-state index in [2.05, 4.69) is 20.6 Å². The van der Waals surface area contributed by atoms with Crippen molar-refractivity contribution < 1.29 is 14.3 Å². The van der Waals surface area contributed by atoms with Crippen molar-refractivity contribution in [1.29, 1.82) is 0 Å². The molecule has 140 valence electrons. The Bertz CT molecular complexity index is 943. The number of aryl methyl sites for hydroxylation is 1. The zero-order chi connectivity index (χ0) is 19.0. The smallest absolute Gasteiger partial charge is 0.269 e. The molecule has 0 unspecified atom stereocenters. The third-order valence-corrected chi connectivity index (χ3v) is 4.95. The summed E-state index contributed by atoms with van der Waals surface area (Å²) in [5.41, 5.74) is 2.51. The van der Waals surface area contributed by atoms with Gasteiger partial charge in [0.2, 0.25) is 0 Å². The number of nitrogens with zero attached hydrogens (tertiary/aromatic N) is 3. The van der Waals surface area contributed by atoms with E-state index in [1.807, 2.05) is 13.2 Å². The maximum Gasteiger partial charge on any atom is 0.269 e. The molecule has 3 N–H and O–H groups in total. The van der Waals surface area contributed by atoms with Gasteiger partial charge in [0, 0.05) is 24.4 Å². The van der Waals surface area contributed by atoms with Gasteiger partial charge in [-0.3, -0.25) is 14.6 Å². The number of aromatic amines is 1. The highest BCUT2D eigenvalue weighted by atomic mass is 19.1. The van der Waals surface area contributed by atoms with Crippen molar-refractivity contribution in [2.45, 2.75) is 25.0 Å². The van der Waals surface area contributed by atoms with Crippen LogP contribution in [0.15, 0.2) is 42.7 Å². The van der Waals surface area contributed by atoms with Crippen molar-refractivity contribution in [3.8, 4) is 11.3 Å². The molecular formula is C19H20FN5O2. The second kappa shape index (κ2) is 6.96. The predicted octanol–water partition coefficient (Wildman–Crippen LogP) is 2.19. The molecule has 0 radical (unpaired) electrons. The summed E-state index contributed by atoms with van der Waals surface area (Å²) in [7, 11) is 1.82. The number of aromatic nitrogens is 4. The minimum absolute atomic E-state index is 0.160. The van der Waals surface area contributed by atoms with Crippen LogP contribution in [0.3, 0.4) is 0 Å². The average molecular weight is 369 g/mol. The number of aliphatic hydroxyl groups excluding tert-OH is 1. The van der Waals surface area contributed by atoms with Gasteiger partial charge in [-0.05, 0) is 49.1 Å². The summed E-state index contributed by atoms with van der Waals surface area (Å²) >= 11 is 0. The normalized spacial score (nSPS) is 20.1. The number of halogens is 1. The van der Waals surface area contributed by atoms with Gasteiger partial charge >= 0.3 is 0 Å². The molecule has 7 nitrogen and oxygen atoms in total. The number of benzene rings is 1. The van der Waals surface area contributed by atoms with Crippen LogP contribution in [0.4, 0.5) is 4.39 Å². The average Bonchev–Trinajstić information content (AvgIpc) is 3.27. The second-order valence-electron chi connectivity index (χ2n) is 6.96. The molecule has 1 atom stereocenters. The van der Waals surface area contributed by atoms with E-state index in [1.54, 1.807) is 29.1 Å². The first-order valence-electron chi connectivity index (χ1n) is 8.78. The zero-order valence-electron chi connectivity index (χ0n) is 14.8. The van der Waals surface area contributed by atoms with Gasteiger partial charge in [0.25, 0.3) is 5.91 Å².